The summed E-state index contributed by atoms with van der Waals surface area (Å²) in [5.74, 6) is -3.99. The van der Waals surface area contributed by atoms with E-state index in [0.717, 1.165) is 16.5 Å². The van der Waals surface area contributed by atoms with Crippen molar-refractivity contribution >= 4 is 28.6 Å². The zero-order chi connectivity index (χ0) is 29.5. The highest BCUT2D eigenvalue weighted by atomic mass is 16.3. The number of amides is 3. The van der Waals surface area contributed by atoms with Crippen LogP contribution < -0.4 is 22.1 Å². The van der Waals surface area contributed by atoms with E-state index >= 15 is 0 Å². The highest BCUT2D eigenvalue weighted by Crippen LogP contribution is 2.34. The average molecular weight is 554 g/mol. The van der Waals surface area contributed by atoms with Gasteiger partial charge in [0.15, 0.2) is 5.54 Å². The maximum Gasteiger partial charge on any atom is 0.273 e. The summed E-state index contributed by atoms with van der Waals surface area (Å²) in [6.07, 6.45) is 1.03. The van der Waals surface area contributed by atoms with Crippen LogP contribution in [0.15, 0.2) is 97.1 Å². The van der Waals surface area contributed by atoms with Crippen LogP contribution >= 0.6 is 0 Å². The van der Waals surface area contributed by atoms with Crippen molar-refractivity contribution in [2.45, 2.75) is 37.5 Å². The Hall–Kier alpha value is -4.60. The van der Waals surface area contributed by atoms with Crippen LogP contribution in [0, 0.1) is 5.92 Å². The Labute approximate surface area is 239 Å². The minimum atomic E-state index is -2.91. The number of aromatic nitrogens is 1. The van der Waals surface area contributed by atoms with Gasteiger partial charge in [-0.25, -0.2) is 4.98 Å². The number of fused-ring (bicyclic) bond motifs is 1. The number of nitrogens with two attached hydrogens (primary N) is 2. The largest absolute Gasteiger partial charge is 0.368 e. The number of pyridine rings is 1. The van der Waals surface area contributed by atoms with Crippen molar-refractivity contribution in [1.29, 1.82) is 0 Å². The number of carbonyl (C=O) groups excluding carboxylic acids is 3. The van der Waals surface area contributed by atoms with E-state index < -0.39 is 34.9 Å². The van der Waals surface area contributed by atoms with E-state index in [1.54, 1.807) is 18.2 Å². The van der Waals surface area contributed by atoms with Crippen LogP contribution in [0.5, 0.6) is 0 Å². The minimum absolute atomic E-state index is 0.0675. The van der Waals surface area contributed by atoms with E-state index in [0.29, 0.717) is 18.4 Å². The number of hydrogen-bond acceptors (Lipinski definition) is 6. The normalized spacial score (nSPS) is 14.9. The summed E-state index contributed by atoms with van der Waals surface area (Å²) in [4.78, 5) is 44.6. The summed E-state index contributed by atoms with van der Waals surface area (Å²) in [7, 11) is 0. The molecule has 9 heteroatoms. The van der Waals surface area contributed by atoms with Crippen molar-refractivity contribution in [3.63, 3.8) is 0 Å². The van der Waals surface area contributed by atoms with Crippen molar-refractivity contribution in [1.82, 2.24) is 15.6 Å². The number of carbonyl (C=O) groups is 3. The first-order valence-corrected chi connectivity index (χ1v) is 13.5. The number of para-hydroxylation sites is 1. The predicted octanol–water partition coefficient (Wildman–Crippen LogP) is 2.46. The second-order valence-electron chi connectivity index (χ2n) is 10.0. The van der Waals surface area contributed by atoms with Crippen LogP contribution in [0.1, 0.15) is 35.0 Å². The number of benzene rings is 3. The molecule has 0 fully saturated rings. The number of aliphatic hydroxyl groups is 1. The summed E-state index contributed by atoms with van der Waals surface area (Å²) < 4.78 is 0. The fourth-order valence-electron chi connectivity index (χ4n) is 5.36. The van der Waals surface area contributed by atoms with Gasteiger partial charge in [-0.05, 0) is 42.0 Å². The number of nitrogens with zero attached hydrogens (tertiary/aromatic N) is 1. The predicted molar refractivity (Wildman–Crippen MR) is 157 cm³/mol. The summed E-state index contributed by atoms with van der Waals surface area (Å²) >= 11 is 0. The summed E-state index contributed by atoms with van der Waals surface area (Å²) in [5, 5.41) is 18.4. The van der Waals surface area contributed by atoms with E-state index in [-0.39, 0.29) is 18.7 Å². The molecule has 41 heavy (non-hydrogen) atoms. The Bertz CT molecular complexity index is 1510. The molecule has 0 spiro atoms. The van der Waals surface area contributed by atoms with Gasteiger partial charge in [0.2, 0.25) is 11.6 Å². The fraction of sp³-hybridized carbons (Fsp3) is 0.250. The summed E-state index contributed by atoms with van der Waals surface area (Å²) in [6, 6.07) is 29.2. The van der Waals surface area contributed by atoms with Gasteiger partial charge in [-0.3, -0.25) is 19.7 Å². The lowest BCUT2D eigenvalue weighted by atomic mass is 9.69. The molecule has 3 aromatic carbocycles. The molecular weight excluding hydrogens is 518 g/mol. The topological polar surface area (TPSA) is 160 Å². The van der Waals surface area contributed by atoms with Gasteiger partial charge < -0.3 is 21.9 Å². The molecule has 1 heterocycles. The van der Waals surface area contributed by atoms with Gasteiger partial charge in [0, 0.05) is 11.9 Å². The molecule has 4 rings (SSSR count). The second-order valence-corrected chi connectivity index (χ2v) is 10.0. The molecule has 3 atom stereocenters. The highest BCUT2D eigenvalue weighted by molar-refractivity contribution is 6.03. The van der Waals surface area contributed by atoms with Crippen molar-refractivity contribution in [2.24, 2.45) is 17.4 Å². The molecule has 7 N–H and O–H groups in total. The fourth-order valence-corrected chi connectivity index (χ4v) is 5.36. The smallest absolute Gasteiger partial charge is 0.273 e. The van der Waals surface area contributed by atoms with Crippen LogP contribution in [-0.4, -0.2) is 45.6 Å². The number of hydrogen-bond donors (Lipinski definition) is 5. The molecule has 0 bridgehead atoms. The zero-order valence-electron chi connectivity index (χ0n) is 22.9. The molecule has 9 nitrogen and oxygen atoms in total. The van der Waals surface area contributed by atoms with Gasteiger partial charge in [-0.1, -0.05) is 98.3 Å². The standard InChI is InChI=1S/C32H35N5O4/c1-2-25(21-23-13-7-4-8-14-23)31(29(33)39,35-20-19-22-11-5-3-6-12-22)32(41,30(34)40)37-28(38)27-18-17-24-15-9-10-16-26(24)36-27/h3-18,25,35,41H,2,19-21H2,1H3,(H2,33,39)(H2,34,40)(H,37,38). The van der Waals surface area contributed by atoms with E-state index in [1.165, 1.54) is 6.07 Å². The average Bonchev–Trinajstić information content (AvgIpc) is 2.98. The molecule has 1 aromatic heterocycles. The Morgan fingerprint density at radius 2 is 1.44 bits per heavy atom. The molecule has 0 aliphatic heterocycles. The van der Waals surface area contributed by atoms with Crippen molar-refractivity contribution < 1.29 is 19.5 Å². The molecular formula is C32H35N5O4. The third kappa shape index (κ3) is 6.11. The first-order valence-electron chi connectivity index (χ1n) is 13.5. The lowest BCUT2D eigenvalue weighted by Crippen LogP contribution is -2.82. The quantitative estimate of drug-likeness (QED) is 0.160. The molecule has 0 saturated carbocycles. The lowest BCUT2D eigenvalue weighted by Gasteiger charge is -2.48. The van der Waals surface area contributed by atoms with Gasteiger partial charge in [-0.2, -0.15) is 0 Å². The molecule has 3 unspecified atom stereocenters. The molecule has 0 aliphatic rings. The number of primary amides is 2. The molecule has 0 saturated heterocycles. The monoisotopic (exact) mass is 553 g/mol. The number of nitrogens with one attached hydrogen (secondary N) is 2. The Morgan fingerprint density at radius 1 is 0.829 bits per heavy atom. The second kappa shape index (κ2) is 12.7. The van der Waals surface area contributed by atoms with Gasteiger partial charge in [0.25, 0.3) is 11.8 Å². The van der Waals surface area contributed by atoms with Gasteiger partial charge in [0.05, 0.1) is 5.52 Å². The SMILES string of the molecule is CCC(Cc1ccccc1)C(NCCc1ccccc1)(C(N)=O)C(O)(NC(=O)c1ccc2ccccc2n1)C(N)=O. The Morgan fingerprint density at radius 3 is 2.05 bits per heavy atom. The lowest BCUT2D eigenvalue weighted by molar-refractivity contribution is -0.165. The molecule has 0 radical (unpaired) electrons. The first kappa shape index (κ1) is 29.4. The zero-order valence-corrected chi connectivity index (χ0v) is 22.9. The Kier molecular flexibility index (Phi) is 9.11. The third-order valence-corrected chi connectivity index (χ3v) is 7.53. The van der Waals surface area contributed by atoms with E-state index in [2.05, 4.69) is 15.6 Å². The Balaban J connectivity index is 1.77. The van der Waals surface area contributed by atoms with Crippen LogP contribution in [-0.2, 0) is 22.4 Å². The van der Waals surface area contributed by atoms with Crippen LogP contribution in [0.25, 0.3) is 10.9 Å². The van der Waals surface area contributed by atoms with Crippen molar-refractivity contribution in [2.75, 3.05) is 6.54 Å². The molecule has 4 aromatic rings. The maximum absolute atomic E-state index is 13.5. The van der Waals surface area contributed by atoms with E-state index in [4.69, 9.17) is 11.5 Å². The molecule has 0 aliphatic carbocycles. The molecule has 212 valence electrons. The van der Waals surface area contributed by atoms with Crippen molar-refractivity contribution in [3.8, 4) is 0 Å². The van der Waals surface area contributed by atoms with E-state index in [1.807, 2.05) is 79.7 Å². The summed E-state index contributed by atoms with van der Waals surface area (Å²) in [6.45, 7) is 1.97. The third-order valence-electron chi connectivity index (χ3n) is 7.53. The van der Waals surface area contributed by atoms with Gasteiger partial charge >= 0.3 is 0 Å². The van der Waals surface area contributed by atoms with Crippen LogP contribution in [0.2, 0.25) is 0 Å². The van der Waals surface area contributed by atoms with Crippen molar-refractivity contribution in [3.05, 3.63) is 114 Å². The maximum atomic E-state index is 13.5. The van der Waals surface area contributed by atoms with E-state index in [9.17, 15) is 19.5 Å². The van der Waals surface area contributed by atoms with Crippen LogP contribution in [0.4, 0.5) is 0 Å². The number of rotatable bonds is 13. The molecule has 3 amide bonds. The minimum Gasteiger partial charge on any atom is -0.368 e. The highest BCUT2D eigenvalue weighted by Gasteiger charge is 2.63. The first-order chi connectivity index (χ1) is 19.7. The van der Waals surface area contributed by atoms with Crippen LogP contribution in [0.3, 0.4) is 0 Å². The van der Waals surface area contributed by atoms with Gasteiger partial charge in [0.1, 0.15) is 5.69 Å². The van der Waals surface area contributed by atoms with Gasteiger partial charge in [-0.15, -0.1) is 0 Å². The summed E-state index contributed by atoms with van der Waals surface area (Å²) in [5.41, 5.74) is 9.07.